The van der Waals surface area contributed by atoms with E-state index in [0.29, 0.717) is 31.5 Å². The molecule has 1 aliphatic heterocycles. The van der Waals surface area contributed by atoms with Crippen LogP contribution in [0.1, 0.15) is 39.6 Å². The van der Waals surface area contributed by atoms with Crippen LogP contribution in [0.4, 0.5) is 5.69 Å². The number of non-ortho nitro benzene ring substituents is 1. The van der Waals surface area contributed by atoms with E-state index in [0.717, 1.165) is 0 Å². The summed E-state index contributed by atoms with van der Waals surface area (Å²) in [5.74, 6) is -1.18. The zero-order valence-electron chi connectivity index (χ0n) is 13.2. The van der Waals surface area contributed by atoms with Gasteiger partial charge in [0.25, 0.3) is 11.6 Å². The molecule has 1 aromatic heterocycles. The first kappa shape index (κ1) is 16.6. The SMILES string of the molecule is O=C(O)c1cnn(C2CCN(C(=O)c3ccc([N+](=O)[O-])cc3)CC2)c1. The Hall–Kier alpha value is -3.23. The van der Waals surface area contributed by atoms with Crippen molar-refractivity contribution in [3.05, 3.63) is 57.9 Å². The summed E-state index contributed by atoms with van der Waals surface area (Å²) in [7, 11) is 0. The number of nitrogens with zero attached hydrogens (tertiary/aromatic N) is 4. The average Bonchev–Trinajstić information content (AvgIpc) is 3.12. The van der Waals surface area contributed by atoms with Crippen LogP contribution in [0.15, 0.2) is 36.7 Å². The van der Waals surface area contributed by atoms with Crippen molar-refractivity contribution >= 4 is 17.6 Å². The predicted octanol–water partition coefficient (Wildman–Crippen LogP) is 1.97. The number of nitro benzene ring substituents is 1. The molecular weight excluding hydrogens is 328 g/mol. The number of hydrogen-bond donors (Lipinski definition) is 1. The Morgan fingerprint density at radius 3 is 2.32 bits per heavy atom. The summed E-state index contributed by atoms with van der Waals surface area (Å²) in [4.78, 5) is 35.2. The van der Waals surface area contributed by atoms with Gasteiger partial charge >= 0.3 is 5.97 Å². The molecule has 1 amide bonds. The molecule has 9 nitrogen and oxygen atoms in total. The van der Waals surface area contributed by atoms with Crippen molar-refractivity contribution in [3.8, 4) is 0 Å². The molecule has 1 saturated heterocycles. The third-order valence-electron chi connectivity index (χ3n) is 4.30. The van der Waals surface area contributed by atoms with Crippen LogP contribution in [-0.4, -0.2) is 49.7 Å². The van der Waals surface area contributed by atoms with Gasteiger partial charge in [-0.1, -0.05) is 0 Å². The summed E-state index contributed by atoms with van der Waals surface area (Å²) in [6, 6.07) is 5.60. The minimum Gasteiger partial charge on any atom is -0.478 e. The standard InChI is InChI=1S/C16H16N4O5/c21-15(11-1-3-14(4-2-11)20(24)25)18-7-5-13(6-8-18)19-10-12(9-17-19)16(22)23/h1-4,9-10,13H,5-8H2,(H,22,23). The molecule has 1 fully saturated rings. The van der Waals surface area contributed by atoms with E-state index in [1.807, 2.05) is 0 Å². The van der Waals surface area contributed by atoms with E-state index >= 15 is 0 Å². The van der Waals surface area contributed by atoms with Crippen LogP contribution in [0.3, 0.4) is 0 Å². The fourth-order valence-corrected chi connectivity index (χ4v) is 2.89. The lowest BCUT2D eigenvalue weighted by Crippen LogP contribution is -2.39. The molecule has 0 radical (unpaired) electrons. The second-order valence-electron chi connectivity index (χ2n) is 5.84. The van der Waals surface area contributed by atoms with E-state index in [-0.39, 0.29) is 23.2 Å². The first-order chi connectivity index (χ1) is 12.0. The summed E-state index contributed by atoms with van der Waals surface area (Å²) in [6.07, 6.45) is 4.15. The fraction of sp³-hybridized carbons (Fsp3) is 0.312. The fourth-order valence-electron chi connectivity index (χ4n) is 2.89. The van der Waals surface area contributed by atoms with Gasteiger partial charge in [0, 0.05) is 37.0 Å². The number of rotatable bonds is 4. The van der Waals surface area contributed by atoms with Crippen molar-refractivity contribution in [1.82, 2.24) is 14.7 Å². The topological polar surface area (TPSA) is 119 Å². The van der Waals surface area contributed by atoms with Crippen LogP contribution in [0, 0.1) is 10.1 Å². The Morgan fingerprint density at radius 1 is 1.16 bits per heavy atom. The largest absolute Gasteiger partial charge is 0.478 e. The number of benzene rings is 1. The minimum atomic E-state index is -1.02. The van der Waals surface area contributed by atoms with Gasteiger partial charge in [-0.25, -0.2) is 4.79 Å². The number of carbonyl (C=O) groups excluding carboxylic acids is 1. The number of aromatic nitrogens is 2. The molecule has 1 N–H and O–H groups in total. The molecule has 0 atom stereocenters. The number of nitro groups is 1. The van der Waals surface area contributed by atoms with Gasteiger partial charge in [0.15, 0.2) is 0 Å². The second-order valence-corrected chi connectivity index (χ2v) is 5.84. The number of likely N-dealkylation sites (tertiary alicyclic amines) is 1. The molecule has 0 unspecified atom stereocenters. The third kappa shape index (κ3) is 3.49. The van der Waals surface area contributed by atoms with Crippen LogP contribution in [0.25, 0.3) is 0 Å². The van der Waals surface area contributed by atoms with Gasteiger partial charge in [0.05, 0.1) is 22.7 Å². The molecule has 2 heterocycles. The Balaban J connectivity index is 1.62. The molecule has 9 heteroatoms. The lowest BCUT2D eigenvalue weighted by molar-refractivity contribution is -0.384. The summed E-state index contributed by atoms with van der Waals surface area (Å²) in [5, 5.41) is 23.7. The van der Waals surface area contributed by atoms with Gasteiger partial charge < -0.3 is 10.0 Å². The van der Waals surface area contributed by atoms with Crippen LogP contribution in [0.5, 0.6) is 0 Å². The Labute approximate surface area is 142 Å². The number of aromatic carboxylic acids is 1. The van der Waals surface area contributed by atoms with E-state index in [1.54, 1.807) is 9.58 Å². The smallest absolute Gasteiger partial charge is 0.338 e. The van der Waals surface area contributed by atoms with E-state index < -0.39 is 10.9 Å². The monoisotopic (exact) mass is 344 g/mol. The third-order valence-corrected chi connectivity index (χ3v) is 4.30. The molecule has 0 spiro atoms. The van der Waals surface area contributed by atoms with Gasteiger partial charge in [0.2, 0.25) is 0 Å². The number of carbonyl (C=O) groups is 2. The van der Waals surface area contributed by atoms with Gasteiger partial charge in [-0.2, -0.15) is 5.10 Å². The number of amides is 1. The highest BCUT2D eigenvalue weighted by molar-refractivity contribution is 5.94. The van der Waals surface area contributed by atoms with E-state index in [9.17, 15) is 19.7 Å². The Morgan fingerprint density at radius 2 is 1.80 bits per heavy atom. The summed E-state index contributed by atoms with van der Waals surface area (Å²) < 4.78 is 1.64. The molecule has 2 aromatic rings. The predicted molar refractivity (Wildman–Crippen MR) is 86.5 cm³/mol. The Bertz CT molecular complexity index is 806. The number of carboxylic acids is 1. The van der Waals surface area contributed by atoms with Crippen LogP contribution in [-0.2, 0) is 0 Å². The molecule has 1 aliphatic rings. The number of hydrogen-bond acceptors (Lipinski definition) is 5. The van der Waals surface area contributed by atoms with Crippen molar-refractivity contribution in [3.63, 3.8) is 0 Å². The van der Waals surface area contributed by atoms with E-state index in [4.69, 9.17) is 5.11 Å². The van der Waals surface area contributed by atoms with Crippen molar-refractivity contribution in [2.45, 2.75) is 18.9 Å². The Kier molecular flexibility index (Phi) is 4.46. The van der Waals surface area contributed by atoms with Crippen molar-refractivity contribution in [1.29, 1.82) is 0 Å². The van der Waals surface area contributed by atoms with Gasteiger partial charge in [-0.3, -0.25) is 19.6 Å². The molecule has 0 saturated carbocycles. The molecule has 25 heavy (non-hydrogen) atoms. The van der Waals surface area contributed by atoms with E-state index in [2.05, 4.69) is 5.10 Å². The lowest BCUT2D eigenvalue weighted by Gasteiger charge is -2.32. The highest BCUT2D eigenvalue weighted by Gasteiger charge is 2.25. The zero-order chi connectivity index (χ0) is 18.0. The highest BCUT2D eigenvalue weighted by Crippen LogP contribution is 2.24. The summed E-state index contributed by atoms with van der Waals surface area (Å²) in [6.45, 7) is 1.03. The maximum atomic E-state index is 12.5. The van der Waals surface area contributed by atoms with Gasteiger partial charge in [-0.05, 0) is 25.0 Å². The van der Waals surface area contributed by atoms with Crippen LogP contribution in [0.2, 0.25) is 0 Å². The zero-order valence-corrected chi connectivity index (χ0v) is 13.2. The summed E-state index contributed by atoms with van der Waals surface area (Å²) in [5.41, 5.74) is 0.504. The van der Waals surface area contributed by atoms with Crippen LogP contribution >= 0.6 is 0 Å². The average molecular weight is 344 g/mol. The van der Waals surface area contributed by atoms with Crippen molar-refractivity contribution in [2.24, 2.45) is 0 Å². The van der Waals surface area contributed by atoms with E-state index in [1.165, 1.54) is 36.7 Å². The molecule has 1 aromatic carbocycles. The lowest BCUT2D eigenvalue weighted by atomic mass is 10.0. The minimum absolute atomic E-state index is 0.0500. The number of carboxylic acid groups (broad SMARTS) is 1. The molecule has 3 rings (SSSR count). The van der Waals surface area contributed by atoms with Gasteiger partial charge in [0.1, 0.15) is 0 Å². The van der Waals surface area contributed by atoms with Gasteiger partial charge in [-0.15, -0.1) is 0 Å². The molecule has 0 bridgehead atoms. The first-order valence-corrected chi connectivity index (χ1v) is 7.77. The maximum absolute atomic E-state index is 12.5. The summed E-state index contributed by atoms with van der Waals surface area (Å²) >= 11 is 0. The molecule has 0 aliphatic carbocycles. The molecular formula is C16H16N4O5. The van der Waals surface area contributed by atoms with Crippen molar-refractivity contribution in [2.75, 3.05) is 13.1 Å². The molecule has 130 valence electrons. The highest BCUT2D eigenvalue weighted by atomic mass is 16.6. The first-order valence-electron chi connectivity index (χ1n) is 7.77. The van der Waals surface area contributed by atoms with Crippen LogP contribution < -0.4 is 0 Å². The second kappa shape index (κ2) is 6.71. The maximum Gasteiger partial charge on any atom is 0.338 e. The van der Waals surface area contributed by atoms with Crippen molar-refractivity contribution < 1.29 is 19.6 Å². The quantitative estimate of drug-likeness (QED) is 0.669. The number of piperidine rings is 1. The normalized spacial score (nSPS) is 15.1.